The molecule has 0 saturated heterocycles. The number of esters is 2. The summed E-state index contributed by atoms with van der Waals surface area (Å²) in [6.07, 6.45) is 13.4. The van der Waals surface area contributed by atoms with E-state index in [9.17, 15) is 14.4 Å². The normalized spacial score (nSPS) is 12.1. The minimum atomic E-state index is -0.208. The van der Waals surface area contributed by atoms with Crippen LogP contribution in [0.2, 0.25) is 0 Å². The summed E-state index contributed by atoms with van der Waals surface area (Å²) in [6.45, 7) is 12.6. The van der Waals surface area contributed by atoms with Crippen molar-refractivity contribution in [3.63, 3.8) is 0 Å². The summed E-state index contributed by atoms with van der Waals surface area (Å²) in [7, 11) is 2.00. The van der Waals surface area contributed by atoms with Crippen molar-refractivity contribution in [3.05, 3.63) is 0 Å². The summed E-state index contributed by atoms with van der Waals surface area (Å²) in [4.78, 5) is 41.0. The molecule has 1 amide bonds. The third-order valence-corrected chi connectivity index (χ3v) is 6.97. The van der Waals surface area contributed by atoms with Crippen molar-refractivity contribution in [2.75, 3.05) is 39.9 Å². The lowest BCUT2D eigenvalue weighted by atomic mass is 10.0. The SMILES string of the molecule is CCCCCCCCC(=O)OCCN(CCOC(=O)CCCCCCC(C)C)C(=O)CC(C)N(C)CC. The number of hydrogen-bond acceptors (Lipinski definition) is 6. The van der Waals surface area contributed by atoms with Gasteiger partial charge in [-0.2, -0.15) is 0 Å². The molecule has 0 heterocycles. The predicted octanol–water partition coefficient (Wildman–Crippen LogP) is 6.38. The van der Waals surface area contributed by atoms with E-state index in [-0.39, 0.29) is 37.1 Å². The van der Waals surface area contributed by atoms with Gasteiger partial charge in [0.1, 0.15) is 13.2 Å². The lowest BCUT2D eigenvalue weighted by Gasteiger charge is -2.27. The zero-order valence-electron chi connectivity index (χ0n) is 25.0. The monoisotopic (exact) mass is 526 g/mol. The molecule has 0 saturated carbocycles. The molecule has 0 radical (unpaired) electrons. The standard InChI is InChI=1S/C30H58N2O5/c1-7-9-10-11-12-16-19-29(34)36-23-21-32(28(33)25-27(5)31(6)8-2)22-24-37-30(35)20-17-14-13-15-18-26(3)4/h26-27H,7-25H2,1-6H3. The quantitative estimate of drug-likeness (QED) is 0.107. The minimum Gasteiger partial charge on any atom is -0.464 e. The summed E-state index contributed by atoms with van der Waals surface area (Å²) >= 11 is 0. The van der Waals surface area contributed by atoms with Gasteiger partial charge in [0.15, 0.2) is 0 Å². The second kappa shape index (κ2) is 23.5. The van der Waals surface area contributed by atoms with E-state index in [2.05, 4.69) is 32.6 Å². The van der Waals surface area contributed by atoms with Gasteiger partial charge in [-0.05, 0) is 39.3 Å². The van der Waals surface area contributed by atoms with Crippen LogP contribution in [0.3, 0.4) is 0 Å². The van der Waals surface area contributed by atoms with Crippen LogP contribution in [-0.4, -0.2) is 73.6 Å². The van der Waals surface area contributed by atoms with Gasteiger partial charge in [0.2, 0.25) is 5.91 Å². The number of hydrogen-bond donors (Lipinski definition) is 0. The first-order chi connectivity index (χ1) is 17.7. The van der Waals surface area contributed by atoms with E-state index in [4.69, 9.17) is 9.47 Å². The highest BCUT2D eigenvalue weighted by Crippen LogP contribution is 2.11. The first-order valence-electron chi connectivity index (χ1n) is 15.0. The summed E-state index contributed by atoms with van der Waals surface area (Å²) in [5, 5.41) is 0. The molecule has 0 aliphatic carbocycles. The lowest BCUT2D eigenvalue weighted by molar-refractivity contribution is -0.148. The van der Waals surface area contributed by atoms with E-state index < -0.39 is 0 Å². The van der Waals surface area contributed by atoms with Crippen LogP contribution in [0, 0.1) is 5.92 Å². The van der Waals surface area contributed by atoms with Crippen molar-refractivity contribution in [3.8, 4) is 0 Å². The van der Waals surface area contributed by atoms with Crippen molar-refractivity contribution in [2.24, 2.45) is 5.92 Å². The summed E-state index contributed by atoms with van der Waals surface area (Å²) in [5.41, 5.74) is 0. The maximum Gasteiger partial charge on any atom is 0.305 e. The van der Waals surface area contributed by atoms with Crippen LogP contribution in [0.5, 0.6) is 0 Å². The van der Waals surface area contributed by atoms with Crippen LogP contribution in [-0.2, 0) is 23.9 Å². The van der Waals surface area contributed by atoms with Crippen LogP contribution in [0.1, 0.15) is 125 Å². The zero-order valence-corrected chi connectivity index (χ0v) is 25.0. The average molecular weight is 527 g/mol. The number of carbonyl (C=O) groups is 3. The van der Waals surface area contributed by atoms with Gasteiger partial charge in [-0.1, -0.05) is 85.5 Å². The Kier molecular flexibility index (Phi) is 22.4. The largest absolute Gasteiger partial charge is 0.464 e. The fourth-order valence-corrected chi connectivity index (χ4v) is 4.12. The Morgan fingerprint density at radius 1 is 0.703 bits per heavy atom. The minimum absolute atomic E-state index is 0.0130. The Bertz CT molecular complexity index is 597. The Labute approximate surface area is 228 Å². The Hall–Kier alpha value is -1.63. The third kappa shape index (κ3) is 21.0. The molecule has 1 atom stereocenters. The summed E-state index contributed by atoms with van der Waals surface area (Å²) < 4.78 is 10.8. The molecular formula is C30H58N2O5. The molecule has 1 unspecified atom stereocenters. The van der Waals surface area contributed by atoms with Gasteiger partial charge >= 0.3 is 11.9 Å². The number of unbranched alkanes of at least 4 members (excludes halogenated alkanes) is 8. The Morgan fingerprint density at radius 3 is 1.68 bits per heavy atom. The van der Waals surface area contributed by atoms with Gasteiger partial charge in [-0.25, -0.2) is 0 Å². The number of rotatable bonds is 24. The molecule has 0 bridgehead atoms. The molecule has 0 rings (SSSR count). The topological polar surface area (TPSA) is 76.1 Å². The molecule has 0 spiro atoms. The van der Waals surface area contributed by atoms with Gasteiger partial charge in [0.05, 0.1) is 13.1 Å². The zero-order chi connectivity index (χ0) is 27.9. The van der Waals surface area contributed by atoms with Gasteiger partial charge in [-0.3, -0.25) is 14.4 Å². The van der Waals surface area contributed by atoms with Gasteiger partial charge < -0.3 is 19.3 Å². The molecule has 0 aliphatic heterocycles. The third-order valence-electron chi connectivity index (χ3n) is 6.97. The molecule has 7 heteroatoms. The van der Waals surface area contributed by atoms with Crippen molar-refractivity contribution in [1.82, 2.24) is 9.80 Å². The van der Waals surface area contributed by atoms with E-state index in [1.807, 2.05) is 14.0 Å². The van der Waals surface area contributed by atoms with Crippen molar-refractivity contribution in [1.29, 1.82) is 0 Å². The molecule has 0 N–H and O–H groups in total. The van der Waals surface area contributed by atoms with Gasteiger partial charge in [0.25, 0.3) is 0 Å². The highest BCUT2D eigenvalue weighted by atomic mass is 16.5. The summed E-state index contributed by atoms with van der Waals surface area (Å²) in [6, 6.07) is 0.105. The van der Waals surface area contributed by atoms with Crippen molar-refractivity contribution in [2.45, 2.75) is 131 Å². The van der Waals surface area contributed by atoms with Crippen molar-refractivity contribution < 1.29 is 23.9 Å². The maximum atomic E-state index is 13.0. The van der Waals surface area contributed by atoms with E-state index in [1.165, 1.54) is 32.1 Å². The average Bonchev–Trinajstić information content (AvgIpc) is 2.86. The number of nitrogens with zero attached hydrogens (tertiary/aromatic N) is 2. The van der Waals surface area contributed by atoms with Crippen LogP contribution in [0.4, 0.5) is 0 Å². The molecule has 37 heavy (non-hydrogen) atoms. The molecule has 0 aromatic rings. The molecule has 0 aliphatic rings. The number of amides is 1. The molecule has 0 fully saturated rings. The first kappa shape index (κ1) is 35.4. The smallest absolute Gasteiger partial charge is 0.305 e. The molecular weight excluding hydrogens is 468 g/mol. The van der Waals surface area contributed by atoms with Gasteiger partial charge in [0, 0.05) is 25.3 Å². The molecule has 0 aromatic carbocycles. The predicted molar refractivity (Wildman–Crippen MR) is 151 cm³/mol. The van der Waals surface area contributed by atoms with E-state index in [0.29, 0.717) is 32.4 Å². The lowest BCUT2D eigenvalue weighted by Crippen LogP contribution is -2.41. The second-order valence-electron chi connectivity index (χ2n) is 10.8. The van der Waals surface area contributed by atoms with Gasteiger partial charge in [-0.15, -0.1) is 0 Å². The number of carbonyl (C=O) groups excluding carboxylic acids is 3. The van der Waals surface area contributed by atoms with Crippen LogP contribution in [0.25, 0.3) is 0 Å². The fraction of sp³-hybridized carbons (Fsp3) is 0.900. The van der Waals surface area contributed by atoms with E-state index >= 15 is 0 Å². The fourth-order valence-electron chi connectivity index (χ4n) is 4.12. The molecule has 218 valence electrons. The highest BCUT2D eigenvalue weighted by molar-refractivity contribution is 5.77. The van der Waals surface area contributed by atoms with Crippen LogP contribution < -0.4 is 0 Å². The Morgan fingerprint density at radius 2 is 1.19 bits per heavy atom. The Balaban J connectivity index is 4.43. The molecule has 0 aromatic heterocycles. The number of ether oxygens (including phenoxy) is 2. The highest BCUT2D eigenvalue weighted by Gasteiger charge is 2.19. The molecule has 7 nitrogen and oxygen atoms in total. The van der Waals surface area contributed by atoms with Crippen molar-refractivity contribution >= 4 is 17.8 Å². The van der Waals surface area contributed by atoms with E-state index in [1.54, 1.807) is 4.90 Å². The van der Waals surface area contributed by atoms with E-state index in [0.717, 1.165) is 51.0 Å². The summed E-state index contributed by atoms with van der Waals surface area (Å²) in [5.74, 6) is 0.299. The first-order valence-corrected chi connectivity index (χ1v) is 15.0. The van der Waals surface area contributed by atoms with Crippen LogP contribution in [0.15, 0.2) is 0 Å². The van der Waals surface area contributed by atoms with Crippen LogP contribution >= 0.6 is 0 Å². The second-order valence-corrected chi connectivity index (χ2v) is 10.8. The maximum absolute atomic E-state index is 13.0.